The molecule has 0 radical (unpaired) electrons. The third-order valence-corrected chi connectivity index (χ3v) is 3.81. The molecule has 1 aromatic rings. The van der Waals surface area contributed by atoms with Gasteiger partial charge in [0.05, 0.1) is 19.3 Å². The normalized spacial score (nSPS) is 14.2. The first-order valence-corrected chi connectivity index (χ1v) is 7.08. The third kappa shape index (κ3) is 5.10. The van der Waals surface area contributed by atoms with Crippen molar-refractivity contribution >= 4 is 15.9 Å². The Morgan fingerprint density at radius 2 is 2.11 bits per heavy atom. The zero-order chi connectivity index (χ0) is 14.3. The largest absolute Gasteiger partial charge is 0.497 e. The van der Waals surface area contributed by atoms with Crippen LogP contribution in [0.3, 0.4) is 0 Å². The van der Waals surface area contributed by atoms with Gasteiger partial charge in [-0.3, -0.25) is 0 Å². The zero-order valence-electron chi connectivity index (χ0n) is 11.5. The van der Waals surface area contributed by atoms with Crippen LogP contribution in [0, 0.1) is 0 Å². The van der Waals surface area contributed by atoms with Gasteiger partial charge in [0.1, 0.15) is 5.75 Å². The highest BCUT2D eigenvalue weighted by Crippen LogP contribution is 2.28. The van der Waals surface area contributed by atoms with Gasteiger partial charge in [-0.15, -0.1) is 0 Å². The van der Waals surface area contributed by atoms with E-state index in [0.29, 0.717) is 19.4 Å². The highest BCUT2D eigenvalue weighted by molar-refractivity contribution is 9.10. The van der Waals surface area contributed by atoms with Gasteiger partial charge >= 0.3 is 0 Å². The summed E-state index contributed by atoms with van der Waals surface area (Å²) in [5.41, 5.74) is 5.62. The SMILES string of the molecule is COCC(O)(CCCN)Cc1cc(OC)ccc1Br. The van der Waals surface area contributed by atoms with Crippen LogP contribution in [0.25, 0.3) is 0 Å². The Kier molecular flexibility index (Phi) is 6.79. The summed E-state index contributed by atoms with van der Waals surface area (Å²) in [6.07, 6.45) is 1.88. The van der Waals surface area contributed by atoms with Gasteiger partial charge in [0.2, 0.25) is 0 Å². The van der Waals surface area contributed by atoms with Gasteiger partial charge in [0.15, 0.2) is 0 Å². The maximum Gasteiger partial charge on any atom is 0.119 e. The van der Waals surface area contributed by atoms with E-state index in [2.05, 4.69) is 15.9 Å². The Balaban J connectivity index is 2.88. The van der Waals surface area contributed by atoms with Crippen molar-refractivity contribution in [3.05, 3.63) is 28.2 Å². The lowest BCUT2D eigenvalue weighted by Crippen LogP contribution is -2.37. The molecule has 0 fully saturated rings. The number of halogens is 1. The van der Waals surface area contributed by atoms with E-state index in [-0.39, 0.29) is 6.61 Å². The van der Waals surface area contributed by atoms with Crippen molar-refractivity contribution in [3.8, 4) is 5.75 Å². The molecule has 5 heteroatoms. The van der Waals surface area contributed by atoms with Crippen LogP contribution in [-0.2, 0) is 11.2 Å². The average molecular weight is 332 g/mol. The minimum absolute atomic E-state index is 0.288. The summed E-state index contributed by atoms with van der Waals surface area (Å²) in [7, 11) is 3.22. The van der Waals surface area contributed by atoms with E-state index in [0.717, 1.165) is 22.2 Å². The summed E-state index contributed by atoms with van der Waals surface area (Å²) >= 11 is 3.50. The minimum atomic E-state index is -0.900. The molecule has 4 nitrogen and oxygen atoms in total. The number of hydrogen-bond donors (Lipinski definition) is 2. The van der Waals surface area contributed by atoms with Crippen LogP contribution in [0.1, 0.15) is 18.4 Å². The number of methoxy groups -OCH3 is 2. The summed E-state index contributed by atoms with van der Waals surface area (Å²) < 4.78 is 11.3. The zero-order valence-corrected chi connectivity index (χ0v) is 13.1. The first-order valence-electron chi connectivity index (χ1n) is 6.28. The molecule has 1 aromatic carbocycles. The molecule has 0 spiro atoms. The van der Waals surface area contributed by atoms with Gasteiger partial charge in [0, 0.05) is 18.0 Å². The summed E-state index contributed by atoms with van der Waals surface area (Å²) in [4.78, 5) is 0. The number of benzene rings is 1. The summed E-state index contributed by atoms with van der Waals surface area (Å²) in [5, 5.41) is 10.6. The van der Waals surface area contributed by atoms with Gasteiger partial charge in [-0.2, -0.15) is 0 Å². The van der Waals surface area contributed by atoms with Crippen LogP contribution in [0.15, 0.2) is 22.7 Å². The van der Waals surface area contributed by atoms with E-state index in [1.54, 1.807) is 14.2 Å². The van der Waals surface area contributed by atoms with Crippen molar-refractivity contribution in [1.29, 1.82) is 0 Å². The van der Waals surface area contributed by atoms with Crippen molar-refractivity contribution in [2.75, 3.05) is 27.4 Å². The number of ether oxygens (including phenoxy) is 2. The molecule has 0 bridgehead atoms. The minimum Gasteiger partial charge on any atom is -0.497 e. The predicted molar refractivity (Wildman–Crippen MR) is 79.5 cm³/mol. The van der Waals surface area contributed by atoms with E-state index in [9.17, 15) is 5.11 Å². The second-order valence-electron chi connectivity index (χ2n) is 4.68. The molecule has 19 heavy (non-hydrogen) atoms. The molecule has 3 N–H and O–H groups in total. The topological polar surface area (TPSA) is 64.7 Å². The second kappa shape index (κ2) is 7.85. The summed E-state index contributed by atoms with van der Waals surface area (Å²) in [5.74, 6) is 0.775. The molecule has 0 saturated heterocycles. The quantitative estimate of drug-likeness (QED) is 0.765. The molecule has 0 amide bonds. The molecule has 1 rings (SSSR count). The lowest BCUT2D eigenvalue weighted by atomic mass is 9.90. The third-order valence-electron chi connectivity index (χ3n) is 3.03. The smallest absolute Gasteiger partial charge is 0.119 e. The molecule has 1 unspecified atom stereocenters. The van der Waals surface area contributed by atoms with Gasteiger partial charge < -0.3 is 20.3 Å². The molecule has 0 aliphatic carbocycles. The maximum atomic E-state index is 10.6. The van der Waals surface area contributed by atoms with Gasteiger partial charge in [-0.05, 0) is 43.1 Å². The summed E-state index contributed by atoms with van der Waals surface area (Å²) in [6, 6.07) is 5.72. The lowest BCUT2D eigenvalue weighted by Gasteiger charge is -2.28. The van der Waals surface area contributed by atoms with E-state index < -0.39 is 5.60 Å². The van der Waals surface area contributed by atoms with E-state index in [1.165, 1.54) is 0 Å². The van der Waals surface area contributed by atoms with E-state index in [1.807, 2.05) is 18.2 Å². The maximum absolute atomic E-state index is 10.6. The molecular weight excluding hydrogens is 310 g/mol. The Morgan fingerprint density at radius 3 is 2.68 bits per heavy atom. The van der Waals surface area contributed by atoms with Crippen molar-refractivity contribution in [1.82, 2.24) is 0 Å². The molecule has 0 aliphatic rings. The van der Waals surface area contributed by atoms with Crippen LogP contribution in [0.2, 0.25) is 0 Å². The number of hydrogen-bond acceptors (Lipinski definition) is 4. The average Bonchev–Trinajstić information content (AvgIpc) is 2.39. The molecule has 1 atom stereocenters. The van der Waals surface area contributed by atoms with Crippen LogP contribution in [-0.4, -0.2) is 38.1 Å². The fourth-order valence-corrected chi connectivity index (χ4v) is 2.47. The van der Waals surface area contributed by atoms with Crippen molar-refractivity contribution < 1.29 is 14.6 Å². The molecule has 0 aromatic heterocycles. The van der Waals surface area contributed by atoms with Crippen molar-refractivity contribution in [3.63, 3.8) is 0 Å². The standard InChI is InChI=1S/C14H22BrNO3/c1-18-10-14(17,6-3-7-16)9-11-8-12(19-2)4-5-13(11)15/h4-5,8,17H,3,6-7,9-10,16H2,1-2H3. The Hall–Kier alpha value is -0.620. The fraction of sp³-hybridized carbons (Fsp3) is 0.571. The van der Waals surface area contributed by atoms with Crippen LogP contribution in [0.5, 0.6) is 5.75 Å². The van der Waals surface area contributed by atoms with Crippen molar-refractivity contribution in [2.24, 2.45) is 5.73 Å². The van der Waals surface area contributed by atoms with Crippen LogP contribution >= 0.6 is 15.9 Å². The molecular formula is C14H22BrNO3. The van der Waals surface area contributed by atoms with E-state index in [4.69, 9.17) is 15.2 Å². The first-order chi connectivity index (χ1) is 9.04. The van der Waals surface area contributed by atoms with Gasteiger partial charge in [-0.25, -0.2) is 0 Å². The summed E-state index contributed by atoms with van der Waals surface area (Å²) in [6.45, 7) is 0.849. The monoisotopic (exact) mass is 331 g/mol. The van der Waals surface area contributed by atoms with Gasteiger partial charge in [0.25, 0.3) is 0 Å². The first kappa shape index (κ1) is 16.4. The Morgan fingerprint density at radius 1 is 1.37 bits per heavy atom. The fourth-order valence-electron chi connectivity index (χ4n) is 2.08. The Bertz CT molecular complexity index is 400. The van der Waals surface area contributed by atoms with Gasteiger partial charge in [-0.1, -0.05) is 15.9 Å². The molecule has 0 aliphatic heterocycles. The highest BCUT2D eigenvalue weighted by atomic mass is 79.9. The molecule has 0 heterocycles. The predicted octanol–water partition coefficient (Wildman–Crippen LogP) is 2.12. The van der Waals surface area contributed by atoms with Crippen LogP contribution < -0.4 is 10.5 Å². The number of rotatable bonds is 8. The second-order valence-corrected chi connectivity index (χ2v) is 5.54. The van der Waals surface area contributed by atoms with Crippen LogP contribution in [0.4, 0.5) is 0 Å². The number of aliphatic hydroxyl groups is 1. The highest BCUT2D eigenvalue weighted by Gasteiger charge is 2.27. The number of nitrogens with two attached hydrogens (primary N) is 1. The lowest BCUT2D eigenvalue weighted by molar-refractivity contribution is -0.0376. The molecule has 0 saturated carbocycles. The molecule has 108 valence electrons. The Labute approximate surface area is 123 Å². The van der Waals surface area contributed by atoms with Crippen molar-refractivity contribution in [2.45, 2.75) is 24.9 Å². The van der Waals surface area contributed by atoms with E-state index >= 15 is 0 Å².